The molecule has 0 spiro atoms. The summed E-state index contributed by atoms with van der Waals surface area (Å²) in [5, 5.41) is 9.66. The van der Waals surface area contributed by atoms with Crippen molar-refractivity contribution in [3.8, 4) is 0 Å². The highest BCUT2D eigenvalue weighted by Crippen LogP contribution is 2.33. The highest BCUT2D eigenvalue weighted by atomic mass is 16.5. The van der Waals surface area contributed by atoms with Gasteiger partial charge in [-0.2, -0.15) is 0 Å². The average Bonchev–Trinajstić information content (AvgIpc) is 2.47. The predicted octanol–water partition coefficient (Wildman–Crippen LogP) is 2.86. The van der Waals surface area contributed by atoms with Gasteiger partial charge in [0.05, 0.1) is 18.6 Å². The summed E-state index contributed by atoms with van der Waals surface area (Å²) in [6, 6.07) is 9.46. The standard InChI is InChI=1S/C16H24O4/c1-3-16(15(17)18,14-8-5-4-6-9-14)10-7-11-20-13-12-19-2/h4-6,8-9H,3,7,10-13H2,1-2H3,(H,17,18). The van der Waals surface area contributed by atoms with E-state index in [1.54, 1.807) is 7.11 Å². The predicted molar refractivity (Wildman–Crippen MR) is 78.0 cm³/mol. The van der Waals surface area contributed by atoms with Crippen molar-refractivity contribution in [1.29, 1.82) is 0 Å². The lowest BCUT2D eigenvalue weighted by Crippen LogP contribution is -2.35. The zero-order valence-electron chi connectivity index (χ0n) is 12.3. The van der Waals surface area contributed by atoms with Crippen LogP contribution in [0, 0.1) is 0 Å². The van der Waals surface area contributed by atoms with Crippen LogP contribution in [-0.4, -0.2) is 38.0 Å². The van der Waals surface area contributed by atoms with Crippen LogP contribution in [0.1, 0.15) is 31.7 Å². The molecule has 1 atom stereocenters. The number of rotatable bonds is 10. The van der Waals surface area contributed by atoms with Crippen LogP contribution < -0.4 is 0 Å². The smallest absolute Gasteiger partial charge is 0.314 e. The van der Waals surface area contributed by atoms with Crippen LogP contribution in [0.5, 0.6) is 0 Å². The summed E-state index contributed by atoms with van der Waals surface area (Å²) in [4.78, 5) is 11.8. The van der Waals surface area contributed by atoms with Gasteiger partial charge in [0.15, 0.2) is 0 Å². The largest absolute Gasteiger partial charge is 0.481 e. The quantitative estimate of drug-likeness (QED) is 0.670. The fourth-order valence-corrected chi connectivity index (χ4v) is 2.38. The molecule has 0 amide bonds. The molecule has 0 heterocycles. The van der Waals surface area contributed by atoms with Crippen molar-refractivity contribution in [3.05, 3.63) is 35.9 Å². The third kappa shape index (κ3) is 4.32. The van der Waals surface area contributed by atoms with Crippen LogP contribution in [0.2, 0.25) is 0 Å². The van der Waals surface area contributed by atoms with E-state index in [-0.39, 0.29) is 0 Å². The lowest BCUT2D eigenvalue weighted by atomic mass is 9.74. The Morgan fingerprint density at radius 2 is 1.90 bits per heavy atom. The first-order chi connectivity index (χ1) is 9.67. The number of carboxylic acids is 1. The number of hydrogen-bond acceptors (Lipinski definition) is 3. The van der Waals surface area contributed by atoms with Crippen molar-refractivity contribution in [1.82, 2.24) is 0 Å². The van der Waals surface area contributed by atoms with E-state index in [0.29, 0.717) is 32.7 Å². The summed E-state index contributed by atoms with van der Waals surface area (Å²) in [5.74, 6) is -0.761. The first-order valence-electron chi connectivity index (χ1n) is 7.03. The Hall–Kier alpha value is -1.39. The van der Waals surface area contributed by atoms with E-state index < -0.39 is 11.4 Å². The zero-order chi connectivity index (χ0) is 14.8. The molecule has 0 saturated carbocycles. The molecule has 4 heteroatoms. The van der Waals surface area contributed by atoms with Crippen molar-refractivity contribution in [2.75, 3.05) is 26.9 Å². The van der Waals surface area contributed by atoms with Crippen molar-refractivity contribution in [2.24, 2.45) is 0 Å². The second-order valence-corrected chi connectivity index (χ2v) is 4.82. The molecule has 1 aromatic carbocycles. The summed E-state index contributed by atoms with van der Waals surface area (Å²) in [6.07, 6.45) is 1.87. The number of benzene rings is 1. The number of methoxy groups -OCH3 is 1. The Balaban J connectivity index is 2.64. The SMILES string of the molecule is CCC(CCCOCCOC)(C(=O)O)c1ccccc1. The van der Waals surface area contributed by atoms with Gasteiger partial charge < -0.3 is 14.6 Å². The van der Waals surface area contributed by atoms with E-state index in [1.807, 2.05) is 37.3 Å². The normalized spacial score (nSPS) is 13.9. The van der Waals surface area contributed by atoms with Gasteiger partial charge >= 0.3 is 5.97 Å². The minimum atomic E-state index is -0.814. The molecule has 0 radical (unpaired) electrons. The fraction of sp³-hybridized carbons (Fsp3) is 0.562. The number of hydrogen-bond donors (Lipinski definition) is 1. The van der Waals surface area contributed by atoms with Gasteiger partial charge in [-0.05, 0) is 24.8 Å². The molecule has 0 aliphatic heterocycles. The highest BCUT2D eigenvalue weighted by Gasteiger charge is 2.37. The lowest BCUT2D eigenvalue weighted by molar-refractivity contribution is -0.144. The Kier molecular flexibility index (Phi) is 7.26. The molecule has 20 heavy (non-hydrogen) atoms. The van der Waals surface area contributed by atoms with Crippen molar-refractivity contribution in [3.63, 3.8) is 0 Å². The molecular weight excluding hydrogens is 256 g/mol. The van der Waals surface area contributed by atoms with Crippen LogP contribution in [0.25, 0.3) is 0 Å². The van der Waals surface area contributed by atoms with E-state index >= 15 is 0 Å². The van der Waals surface area contributed by atoms with Crippen molar-refractivity contribution < 1.29 is 19.4 Å². The molecule has 0 saturated heterocycles. The van der Waals surface area contributed by atoms with Gasteiger partial charge in [-0.15, -0.1) is 0 Å². The molecule has 1 N–H and O–H groups in total. The molecule has 0 bridgehead atoms. The van der Waals surface area contributed by atoms with E-state index in [1.165, 1.54) is 0 Å². The van der Waals surface area contributed by atoms with Gasteiger partial charge in [0.2, 0.25) is 0 Å². The van der Waals surface area contributed by atoms with Crippen LogP contribution in [0.3, 0.4) is 0 Å². The molecule has 0 aromatic heterocycles. The van der Waals surface area contributed by atoms with Gasteiger partial charge in [-0.3, -0.25) is 4.79 Å². The molecule has 0 aliphatic rings. The third-order valence-electron chi connectivity index (χ3n) is 3.66. The summed E-state index contributed by atoms with van der Waals surface area (Å²) >= 11 is 0. The molecule has 0 fully saturated rings. The Bertz CT molecular complexity index is 391. The third-order valence-corrected chi connectivity index (χ3v) is 3.66. The van der Waals surface area contributed by atoms with Crippen LogP contribution in [-0.2, 0) is 19.7 Å². The number of ether oxygens (including phenoxy) is 2. The molecule has 1 unspecified atom stereocenters. The van der Waals surface area contributed by atoms with Gasteiger partial charge in [0.25, 0.3) is 0 Å². The van der Waals surface area contributed by atoms with Gasteiger partial charge in [-0.1, -0.05) is 37.3 Å². The molecule has 1 rings (SSSR count). The molecule has 1 aromatic rings. The van der Waals surface area contributed by atoms with Gasteiger partial charge in [-0.25, -0.2) is 0 Å². The summed E-state index contributed by atoms with van der Waals surface area (Å²) in [7, 11) is 1.63. The van der Waals surface area contributed by atoms with E-state index in [0.717, 1.165) is 12.0 Å². The summed E-state index contributed by atoms with van der Waals surface area (Å²) in [5.41, 5.74) is 0.0539. The first kappa shape index (κ1) is 16.7. The highest BCUT2D eigenvalue weighted by molar-refractivity contribution is 5.81. The maximum Gasteiger partial charge on any atom is 0.314 e. The fourth-order valence-electron chi connectivity index (χ4n) is 2.38. The average molecular weight is 280 g/mol. The second kappa shape index (κ2) is 8.72. The summed E-state index contributed by atoms with van der Waals surface area (Å²) in [6.45, 7) is 3.60. The topological polar surface area (TPSA) is 55.8 Å². The van der Waals surface area contributed by atoms with Crippen LogP contribution >= 0.6 is 0 Å². The minimum Gasteiger partial charge on any atom is -0.481 e. The Labute approximate surface area is 120 Å². The Morgan fingerprint density at radius 3 is 2.45 bits per heavy atom. The molecule has 0 aliphatic carbocycles. The minimum absolute atomic E-state index is 0.550. The molecule has 112 valence electrons. The molecular formula is C16H24O4. The maximum atomic E-state index is 11.8. The summed E-state index contributed by atoms with van der Waals surface area (Å²) < 4.78 is 10.3. The monoisotopic (exact) mass is 280 g/mol. The number of carboxylic acid groups (broad SMARTS) is 1. The van der Waals surface area contributed by atoms with Crippen LogP contribution in [0.15, 0.2) is 30.3 Å². The lowest BCUT2D eigenvalue weighted by Gasteiger charge is -2.28. The van der Waals surface area contributed by atoms with Gasteiger partial charge in [0.1, 0.15) is 0 Å². The number of carbonyl (C=O) groups is 1. The van der Waals surface area contributed by atoms with Crippen molar-refractivity contribution in [2.45, 2.75) is 31.6 Å². The maximum absolute atomic E-state index is 11.8. The van der Waals surface area contributed by atoms with E-state index in [9.17, 15) is 9.90 Å². The van der Waals surface area contributed by atoms with Crippen LogP contribution in [0.4, 0.5) is 0 Å². The van der Waals surface area contributed by atoms with Gasteiger partial charge in [0, 0.05) is 13.7 Å². The number of aliphatic carboxylic acids is 1. The first-order valence-corrected chi connectivity index (χ1v) is 7.03. The Morgan fingerprint density at radius 1 is 1.20 bits per heavy atom. The van der Waals surface area contributed by atoms with E-state index in [4.69, 9.17) is 9.47 Å². The zero-order valence-corrected chi connectivity index (χ0v) is 12.3. The second-order valence-electron chi connectivity index (χ2n) is 4.82. The molecule has 4 nitrogen and oxygen atoms in total. The van der Waals surface area contributed by atoms with Crippen molar-refractivity contribution >= 4 is 5.97 Å². The van der Waals surface area contributed by atoms with E-state index in [2.05, 4.69) is 0 Å².